The van der Waals surface area contributed by atoms with E-state index in [2.05, 4.69) is 17.1 Å². The van der Waals surface area contributed by atoms with Gasteiger partial charge in [-0.2, -0.15) is 0 Å². The highest BCUT2D eigenvalue weighted by Gasteiger charge is 2.26. The van der Waals surface area contributed by atoms with Gasteiger partial charge < -0.3 is 15.0 Å². The Hall–Kier alpha value is -2.15. The molecule has 1 fully saturated rings. The van der Waals surface area contributed by atoms with E-state index in [0.717, 1.165) is 26.1 Å². The molecule has 0 unspecified atom stereocenters. The number of anilines is 1. The molecule has 2 rings (SSSR count). The van der Waals surface area contributed by atoms with Crippen LogP contribution in [0.1, 0.15) is 23.7 Å². The van der Waals surface area contributed by atoms with Gasteiger partial charge in [0.1, 0.15) is 0 Å². The first-order valence-corrected chi connectivity index (χ1v) is 6.92. The van der Waals surface area contributed by atoms with E-state index in [1.54, 1.807) is 6.07 Å². The van der Waals surface area contributed by atoms with E-state index in [9.17, 15) is 14.9 Å². The van der Waals surface area contributed by atoms with Crippen LogP contribution in [0.5, 0.6) is 0 Å². The van der Waals surface area contributed by atoms with Gasteiger partial charge in [-0.3, -0.25) is 10.1 Å². The molecule has 1 saturated heterocycles. The molecule has 114 valence electrons. The molecule has 1 aliphatic heterocycles. The smallest absolute Gasteiger partial charge is 0.340 e. The van der Waals surface area contributed by atoms with Gasteiger partial charge in [-0.25, -0.2) is 4.79 Å². The fraction of sp³-hybridized carbons (Fsp3) is 0.500. The van der Waals surface area contributed by atoms with Crippen molar-refractivity contribution in [3.8, 4) is 0 Å². The molecule has 7 nitrogen and oxygen atoms in total. The molecule has 1 N–H and O–H groups in total. The summed E-state index contributed by atoms with van der Waals surface area (Å²) in [6, 6.07) is 4.61. The number of nitro groups is 1. The van der Waals surface area contributed by atoms with Crippen LogP contribution in [0.4, 0.5) is 11.4 Å². The van der Waals surface area contributed by atoms with Crippen molar-refractivity contribution in [1.29, 1.82) is 0 Å². The second-order valence-electron chi connectivity index (χ2n) is 4.91. The number of carbonyl (C=O) groups excluding carboxylic acids is 1. The summed E-state index contributed by atoms with van der Waals surface area (Å²) in [6.45, 7) is 4.47. The molecule has 7 heteroatoms. The normalized spacial score (nSPS) is 18.4. The number of hydrogen-bond donors (Lipinski definition) is 1. The molecule has 1 aromatic carbocycles. The number of esters is 1. The van der Waals surface area contributed by atoms with Gasteiger partial charge in [0.2, 0.25) is 0 Å². The van der Waals surface area contributed by atoms with Gasteiger partial charge >= 0.3 is 5.97 Å². The molecule has 1 atom stereocenters. The van der Waals surface area contributed by atoms with E-state index in [-0.39, 0.29) is 17.3 Å². The van der Waals surface area contributed by atoms with E-state index in [4.69, 9.17) is 4.74 Å². The van der Waals surface area contributed by atoms with Gasteiger partial charge in [-0.1, -0.05) is 6.92 Å². The zero-order valence-corrected chi connectivity index (χ0v) is 12.2. The number of nitrogens with one attached hydrogen (secondary N) is 1. The summed E-state index contributed by atoms with van der Waals surface area (Å²) in [4.78, 5) is 24.5. The van der Waals surface area contributed by atoms with Crippen molar-refractivity contribution < 1.29 is 14.5 Å². The summed E-state index contributed by atoms with van der Waals surface area (Å²) >= 11 is 0. The monoisotopic (exact) mass is 293 g/mol. The fourth-order valence-electron chi connectivity index (χ4n) is 2.60. The summed E-state index contributed by atoms with van der Waals surface area (Å²) in [7, 11) is 1.28. The lowest BCUT2D eigenvalue weighted by molar-refractivity contribution is -0.384. The number of hydrogen-bond acceptors (Lipinski definition) is 6. The molecule has 1 aromatic rings. The van der Waals surface area contributed by atoms with Crippen LogP contribution in [0.3, 0.4) is 0 Å². The maximum absolute atomic E-state index is 12.0. The molecule has 1 heterocycles. The Labute approximate surface area is 123 Å². The molecule has 0 saturated carbocycles. The van der Waals surface area contributed by atoms with Gasteiger partial charge in [-0.05, 0) is 12.5 Å². The first-order valence-electron chi connectivity index (χ1n) is 6.92. The first-order chi connectivity index (χ1) is 10.1. The van der Waals surface area contributed by atoms with Crippen molar-refractivity contribution >= 4 is 17.3 Å². The van der Waals surface area contributed by atoms with Crippen LogP contribution in [-0.2, 0) is 4.74 Å². The predicted octanol–water partition coefficient (Wildman–Crippen LogP) is 1.57. The number of carbonyl (C=O) groups is 1. The van der Waals surface area contributed by atoms with E-state index >= 15 is 0 Å². The molecule has 0 spiro atoms. The Morgan fingerprint density at radius 3 is 2.95 bits per heavy atom. The third-order valence-electron chi connectivity index (χ3n) is 3.73. The molecular weight excluding hydrogens is 274 g/mol. The summed E-state index contributed by atoms with van der Waals surface area (Å²) in [5, 5.41) is 14.2. The summed E-state index contributed by atoms with van der Waals surface area (Å²) in [5.41, 5.74) is 0.829. The van der Waals surface area contributed by atoms with Gasteiger partial charge in [0.05, 0.1) is 23.3 Å². The quantitative estimate of drug-likeness (QED) is 0.515. The number of piperazine rings is 1. The first kappa shape index (κ1) is 15.2. The Morgan fingerprint density at radius 1 is 1.57 bits per heavy atom. The van der Waals surface area contributed by atoms with E-state index < -0.39 is 10.9 Å². The minimum atomic E-state index is -0.554. The maximum atomic E-state index is 12.0. The summed E-state index contributed by atoms with van der Waals surface area (Å²) in [5.74, 6) is -0.554. The number of methoxy groups -OCH3 is 1. The molecule has 0 aliphatic carbocycles. The lowest BCUT2D eigenvalue weighted by Crippen LogP contribution is -2.51. The average molecular weight is 293 g/mol. The summed E-state index contributed by atoms with van der Waals surface area (Å²) < 4.78 is 4.77. The number of nitro benzene ring substituents is 1. The third-order valence-corrected chi connectivity index (χ3v) is 3.73. The van der Waals surface area contributed by atoms with Gasteiger partial charge in [0.25, 0.3) is 5.69 Å². The average Bonchev–Trinajstić information content (AvgIpc) is 2.53. The van der Waals surface area contributed by atoms with Crippen molar-refractivity contribution in [3.05, 3.63) is 33.9 Å². The maximum Gasteiger partial charge on any atom is 0.340 e. The lowest BCUT2D eigenvalue weighted by atomic mass is 10.1. The van der Waals surface area contributed by atoms with E-state index in [1.165, 1.54) is 19.2 Å². The van der Waals surface area contributed by atoms with Gasteiger partial charge in [-0.15, -0.1) is 0 Å². The van der Waals surface area contributed by atoms with Crippen LogP contribution in [0, 0.1) is 10.1 Å². The van der Waals surface area contributed by atoms with Crippen molar-refractivity contribution in [2.75, 3.05) is 31.6 Å². The number of benzene rings is 1. The number of non-ortho nitro benzene ring substituents is 1. The molecule has 1 aliphatic rings. The van der Waals surface area contributed by atoms with Gasteiger partial charge in [0.15, 0.2) is 0 Å². The highest BCUT2D eigenvalue weighted by Crippen LogP contribution is 2.29. The highest BCUT2D eigenvalue weighted by molar-refractivity contribution is 5.96. The lowest BCUT2D eigenvalue weighted by Gasteiger charge is -2.38. The van der Waals surface area contributed by atoms with Crippen molar-refractivity contribution in [3.63, 3.8) is 0 Å². The largest absolute Gasteiger partial charge is 0.465 e. The molecule has 21 heavy (non-hydrogen) atoms. The minimum absolute atomic E-state index is 0.109. The molecule has 0 bridgehead atoms. The second-order valence-corrected chi connectivity index (χ2v) is 4.91. The number of rotatable bonds is 4. The second kappa shape index (κ2) is 6.53. The van der Waals surface area contributed by atoms with Crippen molar-refractivity contribution in [2.24, 2.45) is 0 Å². The van der Waals surface area contributed by atoms with Crippen LogP contribution in [0.2, 0.25) is 0 Å². The van der Waals surface area contributed by atoms with Crippen molar-refractivity contribution in [1.82, 2.24) is 5.32 Å². The fourth-order valence-corrected chi connectivity index (χ4v) is 2.60. The van der Waals surface area contributed by atoms with Crippen LogP contribution in [0.15, 0.2) is 18.2 Å². The van der Waals surface area contributed by atoms with E-state index in [0.29, 0.717) is 5.69 Å². The minimum Gasteiger partial charge on any atom is -0.465 e. The SMILES string of the molecule is CC[C@@H]1CNCCN1c1ccc([N+](=O)[O-])cc1C(=O)OC. The predicted molar refractivity (Wildman–Crippen MR) is 78.7 cm³/mol. The molecule has 0 radical (unpaired) electrons. The molecule has 0 aromatic heterocycles. The zero-order chi connectivity index (χ0) is 15.4. The van der Waals surface area contributed by atoms with Gasteiger partial charge in [0, 0.05) is 37.8 Å². The Kier molecular flexibility index (Phi) is 4.74. The zero-order valence-electron chi connectivity index (χ0n) is 12.2. The molecular formula is C14H19N3O4. The Balaban J connectivity index is 2.45. The number of ether oxygens (including phenoxy) is 1. The topological polar surface area (TPSA) is 84.7 Å². The standard InChI is InChI=1S/C14H19N3O4/c1-3-10-9-15-6-7-16(10)13-5-4-11(17(19)20)8-12(13)14(18)21-2/h4-5,8,10,15H,3,6-7,9H2,1-2H3/t10-/m1/s1. The third kappa shape index (κ3) is 3.13. The van der Waals surface area contributed by atoms with Crippen LogP contribution in [-0.4, -0.2) is 43.7 Å². The van der Waals surface area contributed by atoms with Crippen LogP contribution < -0.4 is 10.2 Å². The van der Waals surface area contributed by atoms with E-state index in [1.807, 2.05) is 0 Å². The van der Waals surface area contributed by atoms with Crippen molar-refractivity contribution in [2.45, 2.75) is 19.4 Å². The van der Waals surface area contributed by atoms with Crippen LogP contribution >= 0.6 is 0 Å². The highest BCUT2D eigenvalue weighted by atomic mass is 16.6. The number of nitrogens with zero attached hydrogens (tertiary/aromatic N) is 2. The van der Waals surface area contributed by atoms with Crippen LogP contribution in [0.25, 0.3) is 0 Å². The summed E-state index contributed by atoms with van der Waals surface area (Å²) in [6.07, 6.45) is 0.921. The molecule has 0 amide bonds. The Bertz CT molecular complexity index is 547. The Morgan fingerprint density at radius 2 is 2.33 bits per heavy atom.